The molecule has 17 heavy (non-hydrogen) atoms. The molecule has 1 atom stereocenters. The quantitative estimate of drug-likeness (QED) is 0.824. The lowest BCUT2D eigenvalue weighted by Gasteiger charge is -2.33. The fourth-order valence-corrected chi connectivity index (χ4v) is 3.14. The number of aliphatic hydroxyl groups is 1. The van der Waals surface area contributed by atoms with E-state index in [0.717, 1.165) is 36.6 Å². The largest absolute Gasteiger partial charge is 0.390 e. The van der Waals surface area contributed by atoms with Crippen molar-refractivity contribution in [3.63, 3.8) is 0 Å². The zero-order chi connectivity index (χ0) is 12.3. The number of halogens is 1. The van der Waals surface area contributed by atoms with Crippen LogP contribution < -0.4 is 0 Å². The average molecular weight is 297 g/mol. The highest BCUT2D eigenvalue weighted by molar-refractivity contribution is 9.10. The van der Waals surface area contributed by atoms with Gasteiger partial charge in [0, 0.05) is 10.9 Å². The maximum absolute atomic E-state index is 10.6. The normalized spacial score (nSPS) is 23.5. The topological polar surface area (TPSA) is 20.2 Å². The molecule has 0 spiro atoms. The Morgan fingerprint density at radius 1 is 1.29 bits per heavy atom. The summed E-state index contributed by atoms with van der Waals surface area (Å²) in [6.45, 7) is 2.21. The van der Waals surface area contributed by atoms with Crippen LogP contribution >= 0.6 is 15.9 Å². The Morgan fingerprint density at radius 3 is 2.88 bits per heavy atom. The second-order valence-electron chi connectivity index (χ2n) is 5.27. The molecule has 1 N–H and O–H groups in total. The van der Waals surface area contributed by atoms with Gasteiger partial charge in [-0.3, -0.25) is 0 Å². The molecule has 0 aromatic heterocycles. The highest BCUT2D eigenvalue weighted by Crippen LogP contribution is 2.33. The minimum absolute atomic E-state index is 0.448. The third kappa shape index (κ3) is 3.32. The van der Waals surface area contributed by atoms with Gasteiger partial charge in [-0.1, -0.05) is 48.2 Å². The second kappa shape index (κ2) is 5.53. The smallest absolute Gasteiger partial charge is 0.0691 e. The molecule has 1 aliphatic carbocycles. The van der Waals surface area contributed by atoms with E-state index >= 15 is 0 Å². The first kappa shape index (κ1) is 13.1. The predicted molar refractivity (Wildman–Crippen MR) is 75.3 cm³/mol. The third-order valence-corrected chi connectivity index (χ3v) is 4.29. The summed E-state index contributed by atoms with van der Waals surface area (Å²) in [5.74, 6) is 0. The number of aryl methyl sites for hydroxylation is 1. The summed E-state index contributed by atoms with van der Waals surface area (Å²) in [5, 5.41) is 10.6. The Labute approximate surface area is 112 Å². The molecule has 0 aliphatic heterocycles. The zero-order valence-corrected chi connectivity index (χ0v) is 12.1. The summed E-state index contributed by atoms with van der Waals surface area (Å²) >= 11 is 3.51. The zero-order valence-electron chi connectivity index (χ0n) is 10.5. The van der Waals surface area contributed by atoms with E-state index in [1.807, 2.05) is 0 Å². The third-order valence-electron chi connectivity index (χ3n) is 3.79. The van der Waals surface area contributed by atoms with Crippen LogP contribution in [0, 0.1) is 0 Å². The van der Waals surface area contributed by atoms with Gasteiger partial charge in [0.25, 0.3) is 0 Å². The van der Waals surface area contributed by atoms with Crippen molar-refractivity contribution < 1.29 is 5.11 Å². The molecular formula is C15H21BrO. The molecule has 0 bridgehead atoms. The van der Waals surface area contributed by atoms with Crippen molar-refractivity contribution in [2.24, 2.45) is 0 Å². The van der Waals surface area contributed by atoms with E-state index in [1.54, 1.807) is 0 Å². The van der Waals surface area contributed by atoms with Crippen LogP contribution in [0.1, 0.15) is 50.2 Å². The summed E-state index contributed by atoms with van der Waals surface area (Å²) in [5.41, 5.74) is 2.29. The monoisotopic (exact) mass is 296 g/mol. The first-order valence-corrected chi connectivity index (χ1v) is 7.42. The molecule has 0 heterocycles. The lowest BCUT2D eigenvalue weighted by Crippen LogP contribution is -2.35. The molecule has 94 valence electrons. The number of hydrogen-bond acceptors (Lipinski definition) is 1. The van der Waals surface area contributed by atoms with E-state index in [0.29, 0.717) is 0 Å². The van der Waals surface area contributed by atoms with Gasteiger partial charge in [-0.05, 0) is 42.5 Å². The van der Waals surface area contributed by atoms with Crippen LogP contribution in [0.15, 0.2) is 22.7 Å². The molecule has 2 heteroatoms. The van der Waals surface area contributed by atoms with E-state index in [9.17, 15) is 5.11 Å². The van der Waals surface area contributed by atoms with E-state index < -0.39 is 5.60 Å². The lowest BCUT2D eigenvalue weighted by molar-refractivity contribution is 0.0155. The van der Waals surface area contributed by atoms with Gasteiger partial charge < -0.3 is 5.11 Å². The van der Waals surface area contributed by atoms with Gasteiger partial charge >= 0.3 is 0 Å². The van der Waals surface area contributed by atoms with Crippen LogP contribution in [-0.4, -0.2) is 10.7 Å². The van der Waals surface area contributed by atoms with Crippen LogP contribution in [0.5, 0.6) is 0 Å². The highest BCUT2D eigenvalue weighted by atomic mass is 79.9. The minimum Gasteiger partial charge on any atom is -0.390 e. The van der Waals surface area contributed by atoms with Gasteiger partial charge in [-0.2, -0.15) is 0 Å². The molecule has 2 rings (SSSR count). The van der Waals surface area contributed by atoms with Gasteiger partial charge in [0.1, 0.15) is 0 Å². The standard InChI is InChI=1S/C15H21BrO/c1-2-3-4-8-15(17)9-7-12-10-14(16)6-5-13(12)11-15/h5-6,10,17H,2-4,7-9,11H2,1H3. The first-order chi connectivity index (χ1) is 8.13. The molecule has 0 fully saturated rings. The minimum atomic E-state index is -0.448. The van der Waals surface area contributed by atoms with Gasteiger partial charge in [0.15, 0.2) is 0 Å². The van der Waals surface area contributed by atoms with Crippen LogP contribution in [0.3, 0.4) is 0 Å². The highest BCUT2D eigenvalue weighted by Gasteiger charge is 2.31. The molecule has 1 aliphatic rings. The van der Waals surface area contributed by atoms with Gasteiger partial charge in [-0.25, -0.2) is 0 Å². The van der Waals surface area contributed by atoms with Crippen molar-refractivity contribution in [2.45, 2.75) is 57.5 Å². The molecule has 1 nitrogen and oxygen atoms in total. The average Bonchev–Trinajstić information content (AvgIpc) is 2.30. The van der Waals surface area contributed by atoms with Gasteiger partial charge in [-0.15, -0.1) is 0 Å². The van der Waals surface area contributed by atoms with Crippen molar-refractivity contribution in [1.29, 1.82) is 0 Å². The molecule has 1 aromatic rings. The van der Waals surface area contributed by atoms with Gasteiger partial charge in [0.05, 0.1) is 5.60 Å². The number of fused-ring (bicyclic) bond motifs is 1. The fraction of sp³-hybridized carbons (Fsp3) is 0.600. The SMILES string of the molecule is CCCCCC1(O)CCc2cc(Br)ccc2C1. The van der Waals surface area contributed by atoms with Crippen LogP contribution in [0.4, 0.5) is 0 Å². The van der Waals surface area contributed by atoms with Crippen molar-refractivity contribution in [2.75, 3.05) is 0 Å². The molecular weight excluding hydrogens is 276 g/mol. The Morgan fingerprint density at radius 2 is 2.12 bits per heavy atom. The lowest BCUT2D eigenvalue weighted by atomic mass is 9.78. The summed E-state index contributed by atoms with van der Waals surface area (Å²) in [6, 6.07) is 6.43. The Hall–Kier alpha value is -0.340. The van der Waals surface area contributed by atoms with Crippen molar-refractivity contribution in [3.8, 4) is 0 Å². The summed E-state index contributed by atoms with van der Waals surface area (Å²) in [7, 11) is 0. The molecule has 0 amide bonds. The van der Waals surface area contributed by atoms with Crippen LogP contribution in [0.2, 0.25) is 0 Å². The molecule has 0 saturated heterocycles. The first-order valence-electron chi connectivity index (χ1n) is 6.63. The molecule has 0 saturated carbocycles. The number of unbranched alkanes of at least 4 members (excludes halogenated alkanes) is 2. The molecule has 1 aromatic carbocycles. The Balaban J connectivity index is 2.04. The van der Waals surface area contributed by atoms with E-state index in [-0.39, 0.29) is 0 Å². The van der Waals surface area contributed by atoms with Crippen molar-refractivity contribution in [1.82, 2.24) is 0 Å². The van der Waals surface area contributed by atoms with E-state index in [2.05, 4.69) is 41.1 Å². The van der Waals surface area contributed by atoms with E-state index in [4.69, 9.17) is 0 Å². The maximum Gasteiger partial charge on any atom is 0.0691 e. The summed E-state index contributed by atoms with van der Waals surface area (Å²) < 4.78 is 1.15. The maximum atomic E-state index is 10.6. The van der Waals surface area contributed by atoms with Gasteiger partial charge in [0.2, 0.25) is 0 Å². The number of hydrogen-bond donors (Lipinski definition) is 1. The number of benzene rings is 1. The van der Waals surface area contributed by atoms with Crippen molar-refractivity contribution in [3.05, 3.63) is 33.8 Å². The Bertz CT molecular complexity index is 389. The fourth-order valence-electron chi connectivity index (χ4n) is 2.73. The van der Waals surface area contributed by atoms with Crippen LogP contribution in [0.25, 0.3) is 0 Å². The molecule has 0 radical (unpaired) electrons. The van der Waals surface area contributed by atoms with Crippen molar-refractivity contribution >= 4 is 15.9 Å². The number of rotatable bonds is 4. The second-order valence-corrected chi connectivity index (χ2v) is 6.19. The van der Waals surface area contributed by atoms with Crippen LogP contribution in [-0.2, 0) is 12.8 Å². The molecule has 1 unspecified atom stereocenters. The summed E-state index contributed by atoms with van der Waals surface area (Å²) in [4.78, 5) is 0. The Kier molecular flexibility index (Phi) is 4.26. The summed E-state index contributed by atoms with van der Waals surface area (Å²) in [6.07, 6.45) is 7.32. The predicted octanol–water partition coefficient (Wildman–Crippen LogP) is 4.25. The van der Waals surface area contributed by atoms with E-state index in [1.165, 1.54) is 24.0 Å².